The highest BCUT2D eigenvalue weighted by molar-refractivity contribution is 5.79. The molecule has 4 rings (SSSR count). The van der Waals surface area contributed by atoms with E-state index in [9.17, 15) is 4.79 Å². The van der Waals surface area contributed by atoms with Crippen LogP contribution in [-0.4, -0.2) is 24.0 Å². The van der Waals surface area contributed by atoms with Gasteiger partial charge in [0.2, 0.25) is 5.91 Å². The van der Waals surface area contributed by atoms with E-state index in [1.807, 2.05) is 31.2 Å². The molecule has 0 bridgehead atoms. The average molecular weight is 363 g/mol. The maximum absolute atomic E-state index is 12.7. The molecule has 0 spiro atoms. The number of carbonyl (C=O) groups excluding carboxylic acids is 1. The van der Waals surface area contributed by atoms with Gasteiger partial charge in [-0.3, -0.25) is 4.79 Å². The van der Waals surface area contributed by atoms with Crippen LogP contribution >= 0.6 is 0 Å². The first-order chi connectivity index (χ1) is 13.1. The normalized spacial score (nSPS) is 16.4. The number of aryl methyl sites for hydroxylation is 1. The summed E-state index contributed by atoms with van der Waals surface area (Å²) in [6.07, 6.45) is 1.62. The van der Waals surface area contributed by atoms with Crippen molar-refractivity contribution in [2.45, 2.75) is 32.7 Å². The number of benzene rings is 2. The van der Waals surface area contributed by atoms with Crippen LogP contribution in [0.5, 0.6) is 0 Å². The molecule has 2 aromatic carbocycles. The summed E-state index contributed by atoms with van der Waals surface area (Å²) in [6.45, 7) is 5.67. The molecule has 1 aliphatic rings. The number of para-hydroxylation sites is 2. The molecule has 0 saturated carbocycles. The molecule has 1 amide bonds. The Morgan fingerprint density at radius 1 is 1.15 bits per heavy atom. The van der Waals surface area contributed by atoms with E-state index in [1.165, 1.54) is 5.56 Å². The van der Waals surface area contributed by atoms with Crippen LogP contribution in [0.1, 0.15) is 36.9 Å². The van der Waals surface area contributed by atoms with E-state index >= 15 is 0 Å². The molecule has 1 unspecified atom stereocenters. The minimum absolute atomic E-state index is 0.0215. The maximum atomic E-state index is 12.7. The predicted octanol–water partition coefficient (Wildman–Crippen LogP) is 4.23. The van der Waals surface area contributed by atoms with Crippen LogP contribution in [0.25, 0.3) is 11.1 Å². The second-order valence-corrected chi connectivity index (χ2v) is 7.37. The Balaban J connectivity index is 1.34. The van der Waals surface area contributed by atoms with Gasteiger partial charge in [-0.25, -0.2) is 0 Å². The number of hydrogen-bond acceptors (Lipinski definition) is 4. The maximum Gasteiger partial charge on any atom is 0.298 e. The summed E-state index contributed by atoms with van der Waals surface area (Å²) in [5.74, 6) is 0.179. The van der Waals surface area contributed by atoms with E-state index in [0.29, 0.717) is 6.01 Å². The summed E-state index contributed by atoms with van der Waals surface area (Å²) in [7, 11) is 0. The molecule has 5 heteroatoms. The Labute approximate surface area is 159 Å². The van der Waals surface area contributed by atoms with Crippen molar-refractivity contribution in [3.8, 4) is 0 Å². The van der Waals surface area contributed by atoms with Crippen molar-refractivity contribution in [3.63, 3.8) is 0 Å². The molecular weight excluding hydrogens is 338 g/mol. The zero-order valence-electron chi connectivity index (χ0n) is 15.8. The van der Waals surface area contributed by atoms with Crippen molar-refractivity contribution in [1.82, 2.24) is 10.3 Å². The summed E-state index contributed by atoms with van der Waals surface area (Å²) in [6, 6.07) is 16.8. The Kier molecular flexibility index (Phi) is 4.84. The Hall–Kier alpha value is -2.82. The zero-order chi connectivity index (χ0) is 18.8. The van der Waals surface area contributed by atoms with Crippen LogP contribution < -0.4 is 10.2 Å². The number of carbonyl (C=O) groups is 1. The fourth-order valence-electron chi connectivity index (χ4n) is 3.60. The molecule has 2 heterocycles. The largest absolute Gasteiger partial charge is 0.423 e. The number of aromatic nitrogens is 1. The minimum atomic E-state index is 0.0215. The van der Waals surface area contributed by atoms with Crippen molar-refractivity contribution in [2.75, 3.05) is 18.0 Å². The highest BCUT2D eigenvalue weighted by atomic mass is 16.4. The Morgan fingerprint density at radius 3 is 2.56 bits per heavy atom. The Bertz CT molecular complexity index is 891. The third-order valence-corrected chi connectivity index (χ3v) is 5.35. The van der Waals surface area contributed by atoms with Gasteiger partial charge in [-0.05, 0) is 44.4 Å². The van der Waals surface area contributed by atoms with E-state index in [0.717, 1.165) is 42.6 Å². The summed E-state index contributed by atoms with van der Waals surface area (Å²) < 4.78 is 5.85. The van der Waals surface area contributed by atoms with E-state index in [1.54, 1.807) is 0 Å². The lowest BCUT2D eigenvalue weighted by molar-refractivity contribution is -0.126. The van der Waals surface area contributed by atoms with Crippen LogP contribution in [0.15, 0.2) is 52.9 Å². The van der Waals surface area contributed by atoms with Crippen molar-refractivity contribution < 1.29 is 9.21 Å². The van der Waals surface area contributed by atoms with Gasteiger partial charge in [0, 0.05) is 19.0 Å². The van der Waals surface area contributed by atoms with Crippen molar-refractivity contribution >= 4 is 23.0 Å². The first-order valence-corrected chi connectivity index (χ1v) is 9.57. The van der Waals surface area contributed by atoms with Crippen LogP contribution in [0.2, 0.25) is 0 Å². The molecule has 1 N–H and O–H groups in total. The second kappa shape index (κ2) is 7.43. The van der Waals surface area contributed by atoms with E-state index in [4.69, 9.17) is 4.42 Å². The number of anilines is 1. The van der Waals surface area contributed by atoms with Gasteiger partial charge in [0.05, 0.1) is 6.04 Å². The summed E-state index contributed by atoms with van der Waals surface area (Å²) in [5.41, 5.74) is 4.04. The monoisotopic (exact) mass is 363 g/mol. The van der Waals surface area contributed by atoms with Gasteiger partial charge in [-0.2, -0.15) is 4.98 Å². The molecule has 140 valence electrons. The average Bonchev–Trinajstić information content (AvgIpc) is 3.13. The molecule has 0 aliphatic carbocycles. The third-order valence-electron chi connectivity index (χ3n) is 5.35. The lowest BCUT2D eigenvalue weighted by Crippen LogP contribution is -2.41. The van der Waals surface area contributed by atoms with Gasteiger partial charge < -0.3 is 14.6 Å². The number of fused-ring (bicyclic) bond motifs is 1. The zero-order valence-corrected chi connectivity index (χ0v) is 15.8. The number of nitrogens with zero attached hydrogens (tertiary/aromatic N) is 2. The van der Waals surface area contributed by atoms with Crippen molar-refractivity contribution in [1.29, 1.82) is 0 Å². The van der Waals surface area contributed by atoms with Crippen molar-refractivity contribution in [3.05, 3.63) is 59.7 Å². The van der Waals surface area contributed by atoms with E-state index in [-0.39, 0.29) is 17.9 Å². The highest BCUT2D eigenvalue weighted by Gasteiger charge is 2.28. The molecule has 27 heavy (non-hydrogen) atoms. The lowest BCUT2D eigenvalue weighted by atomic mass is 9.95. The molecule has 1 fully saturated rings. The van der Waals surface area contributed by atoms with E-state index < -0.39 is 0 Å². The highest BCUT2D eigenvalue weighted by Crippen LogP contribution is 2.27. The standard InChI is InChI=1S/C22H25N3O2/c1-15-7-9-17(10-8-15)16(2)23-21(26)18-11-13-25(14-12-18)22-24-19-5-3-4-6-20(19)27-22/h3-10,16,18H,11-14H2,1-2H3,(H,23,26). The molecule has 1 aliphatic heterocycles. The number of hydrogen-bond donors (Lipinski definition) is 1. The third kappa shape index (κ3) is 3.82. The second-order valence-electron chi connectivity index (χ2n) is 7.37. The molecule has 1 atom stereocenters. The van der Waals surface area contributed by atoms with Crippen LogP contribution in [-0.2, 0) is 4.79 Å². The van der Waals surface area contributed by atoms with Gasteiger partial charge in [-0.1, -0.05) is 42.0 Å². The van der Waals surface area contributed by atoms with Crippen LogP contribution in [0, 0.1) is 12.8 Å². The molecule has 1 saturated heterocycles. The number of nitrogens with one attached hydrogen (secondary N) is 1. The molecule has 3 aromatic rings. The first kappa shape index (κ1) is 17.6. The molecule has 0 radical (unpaired) electrons. The number of amides is 1. The number of piperidine rings is 1. The SMILES string of the molecule is Cc1ccc(C(C)NC(=O)C2CCN(c3nc4ccccc4o3)CC2)cc1. The van der Waals surface area contributed by atoms with E-state index in [2.05, 4.69) is 46.4 Å². The number of oxazole rings is 1. The van der Waals surface area contributed by atoms with Gasteiger partial charge in [-0.15, -0.1) is 0 Å². The molecular formula is C22H25N3O2. The minimum Gasteiger partial charge on any atom is -0.423 e. The first-order valence-electron chi connectivity index (χ1n) is 9.57. The molecule has 5 nitrogen and oxygen atoms in total. The van der Waals surface area contributed by atoms with Gasteiger partial charge in [0.15, 0.2) is 5.58 Å². The lowest BCUT2D eigenvalue weighted by Gasteiger charge is -2.30. The fourth-order valence-corrected chi connectivity index (χ4v) is 3.60. The summed E-state index contributed by atoms with van der Waals surface area (Å²) >= 11 is 0. The smallest absolute Gasteiger partial charge is 0.298 e. The van der Waals surface area contributed by atoms with Gasteiger partial charge >= 0.3 is 0 Å². The van der Waals surface area contributed by atoms with Gasteiger partial charge in [0.1, 0.15) is 5.52 Å². The molecule has 1 aromatic heterocycles. The fraction of sp³-hybridized carbons (Fsp3) is 0.364. The van der Waals surface area contributed by atoms with Crippen molar-refractivity contribution in [2.24, 2.45) is 5.92 Å². The topological polar surface area (TPSA) is 58.4 Å². The quantitative estimate of drug-likeness (QED) is 0.754. The van der Waals surface area contributed by atoms with Crippen LogP contribution in [0.3, 0.4) is 0 Å². The summed E-state index contributed by atoms with van der Waals surface area (Å²) in [5, 5.41) is 3.16. The Morgan fingerprint density at radius 2 is 1.85 bits per heavy atom. The predicted molar refractivity (Wildman–Crippen MR) is 107 cm³/mol. The number of rotatable bonds is 4. The van der Waals surface area contributed by atoms with Crippen LogP contribution in [0.4, 0.5) is 6.01 Å². The summed E-state index contributed by atoms with van der Waals surface area (Å²) in [4.78, 5) is 19.4. The van der Waals surface area contributed by atoms with Gasteiger partial charge in [0.25, 0.3) is 6.01 Å².